The molecule has 1 atom stereocenters. The number of ether oxygens (including phenoxy) is 1. The maximum Gasteiger partial charge on any atom is 0.316 e. The monoisotopic (exact) mass is 256 g/mol. The van der Waals surface area contributed by atoms with Gasteiger partial charge in [-0.3, -0.25) is 9.59 Å². The Morgan fingerprint density at radius 2 is 1.56 bits per heavy atom. The Morgan fingerprint density at radius 1 is 0.944 bits per heavy atom. The molecule has 3 heteroatoms. The summed E-state index contributed by atoms with van der Waals surface area (Å²) < 4.78 is 4.85. The van der Waals surface area contributed by atoms with Crippen LogP contribution in [0.2, 0.25) is 0 Å². The van der Waals surface area contributed by atoms with Gasteiger partial charge >= 0.3 is 11.9 Å². The standard InChI is InChI=1S/C15H28O3/c1-4-6-8-10-12-14(16)18-15(17)13(3)11-9-7-5-2/h13H,4-12H2,1-3H3. The molecule has 0 aliphatic rings. The summed E-state index contributed by atoms with van der Waals surface area (Å²) in [5, 5.41) is 0. The van der Waals surface area contributed by atoms with Crippen molar-refractivity contribution in [2.75, 3.05) is 0 Å². The zero-order valence-corrected chi connectivity index (χ0v) is 12.2. The molecule has 18 heavy (non-hydrogen) atoms. The number of carbonyl (C=O) groups excluding carboxylic acids is 2. The highest BCUT2D eigenvalue weighted by atomic mass is 16.6. The van der Waals surface area contributed by atoms with Crippen LogP contribution in [-0.4, -0.2) is 11.9 Å². The van der Waals surface area contributed by atoms with Gasteiger partial charge in [-0.2, -0.15) is 0 Å². The molecule has 0 aliphatic heterocycles. The lowest BCUT2D eigenvalue weighted by atomic mass is 10.0. The maximum atomic E-state index is 11.6. The highest BCUT2D eigenvalue weighted by molar-refractivity contribution is 5.86. The predicted molar refractivity (Wildman–Crippen MR) is 73.2 cm³/mol. The number of hydrogen-bond donors (Lipinski definition) is 0. The molecular formula is C15H28O3. The van der Waals surface area contributed by atoms with Crippen molar-refractivity contribution < 1.29 is 14.3 Å². The van der Waals surface area contributed by atoms with Gasteiger partial charge in [-0.05, 0) is 12.8 Å². The topological polar surface area (TPSA) is 43.4 Å². The Kier molecular flexibility index (Phi) is 10.7. The van der Waals surface area contributed by atoms with E-state index in [9.17, 15) is 9.59 Å². The predicted octanol–water partition coefficient (Wildman–Crippen LogP) is 4.24. The minimum Gasteiger partial charge on any atom is -0.393 e. The Labute approximate surface area is 111 Å². The van der Waals surface area contributed by atoms with Crippen molar-refractivity contribution in [2.45, 2.75) is 78.6 Å². The summed E-state index contributed by atoms with van der Waals surface area (Å²) in [5.74, 6) is -0.874. The summed E-state index contributed by atoms with van der Waals surface area (Å²) in [7, 11) is 0. The van der Waals surface area contributed by atoms with Crippen LogP contribution in [0.15, 0.2) is 0 Å². The fourth-order valence-corrected chi connectivity index (χ4v) is 1.78. The average Bonchev–Trinajstić information content (AvgIpc) is 2.34. The van der Waals surface area contributed by atoms with Crippen LogP contribution in [0.25, 0.3) is 0 Å². The van der Waals surface area contributed by atoms with Crippen molar-refractivity contribution in [2.24, 2.45) is 5.92 Å². The number of rotatable bonds is 10. The lowest BCUT2D eigenvalue weighted by Gasteiger charge is -2.09. The van der Waals surface area contributed by atoms with Crippen molar-refractivity contribution >= 4 is 11.9 Å². The van der Waals surface area contributed by atoms with E-state index in [-0.39, 0.29) is 17.9 Å². The molecule has 1 unspecified atom stereocenters. The molecule has 106 valence electrons. The zero-order valence-electron chi connectivity index (χ0n) is 12.2. The SMILES string of the molecule is CCCCCCC(=O)OC(=O)C(C)CCCCC. The van der Waals surface area contributed by atoms with Crippen molar-refractivity contribution in [3.8, 4) is 0 Å². The van der Waals surface area contributed by atoms with Crippen LogP contribution >= 0.6 is 0 Å². The molecule has 0 amide bonds. The summed E-state index contributed by atoms with van der Waals surface area (Å²) >= 11 is 0. The molecule has 0 aliphatic carbocycles. The van der Waals surface area contributed by atoms with Crippen LogP contribution in [0.5, 0.6) is 0 Å². The fourth-order valence-electron chi connectivity index (χ4n) is 1.78. The van der Waals surface area contributed by atoms with Gasteiger partial charge in [0.05, 0.1) is 5.92 Å². The Morgan fingerprint density at radius 3 is 2.17 bits per heavy atom. The van der Waals surface area contributed by atoms with Crippen molar-refractivity contribution in [3.63, 3.8) is 0 Å². The molecule has 3 nitrogen and oxygen atoms in total. The average molecular weight is 256 g/mol. The largest absolute Gasteiger partial charge is 0.393 e. The third-order valence-electron chi connectivity index (χ3n) is 3.09. The molecule has 0 aromatic rings. The molecule has 0 heterocycles. The van der Waals surface area contributed by atoms with E-state index in [4.69, 9.17) is 4.74 Å². The van der Waals surface area contributed by atoms with Crippen molar-refractivity contribution in [1.29, 1.82) is 0 Å². The molecule has 0 saturated carbocycles. The Bertz CT molecular complexity index is 236. The summed E-state index contributed by atoms with van der Waals surface area (Å²) in [5.41, 5.74) is 0. The van der Waals surface area contributed by atoms with E-state index < -0.39 is 0 Å². The molecule has 0 saturated heterocycles. The van der Waals surface area contributed by atoms with Gasteiger partial charge in [-0.15, -0.1) is 0 Å². The van der Waals surface area contributed by atoms with E-state index >= 15 is 0 Å². The molecule has 0 fully saturated rings. The van der Waals surface area contributed by atoms with Crippen LogP contribution in [0, 0.1) is 5.92 Å². The second-order valence-electron chi connectivity index (χ2n) is 5.00. The summed E-state index contributed by atoms with van der Waals surface area (Å²) in [4.78, 5) is 23.0. The third kappa shape index (κ3) is 9.20. The van der Waals surface area contributed by atoms with E-state index in [1.807, 2.05) is 6.92 Å². The summed E-state index contributed by atoms with van der Waals surface area (Å²) in [6.45, 7) is 6.09. The van der Waals surface area contributed by atoms with Gasteiger partial charge in [0.25, 0.3) is 0 Å². The molecular weight excluding hydrogens is 228 g/mol. The molecule has 0 radical (unpaired) electrons. The number of unbranched alkanes of at least 4 members (excludes halogenated alkanes) is 5. The number of esters is 2. The van der Waals surface area contributed by atoms with Gasteiger partial charge in [0.1, 0.15) is 0 Å². The summed E-state index contributed by atoms with van der Waals surface area (Å²) in [6.07, 6.45) is 8.61. The van der Waals surface area contributed by atoms with Gasteiger partial charge in [0, 0.05) is 6.42 Å². The van der Waals surface area contributed by atoms with E-state index in [2.05, 4.69) is 13.8 Å². The first-order valence-corrected chi connectivity index (χ1v) is 7.36. The minimum atomic E-state index is -0.363. The van der Waals surface area contributed by atoms with Crippen LogP contribution in [0.4, 0.5) is 0 Å². The highest BCUT2D eigenvalue weighted by Crippen LogP contribution is 2.12. The second kappa shape index (κ2) is 11.2. The Balaban J connectivity index is 3.68. The van der Waals surface area contributed by atoms with Gasteiger partial charge in [-0.1, -0.05) is 59.3 Å². The first-order valence-electron chi connectivity index (χ1n) is 7.36. The summed E-state index contributed by atoms with van der Waals surface area (Å²) in [6, 6.07) is 0. The lowest BCUT2D eigenvalue weighted by Crippen LogP contribution is -2.19. The van der Waals surface area contributed by atoms with Gasteiger partial charge in [-0.25, -0.2) is 0 Å². The maximum absolute atomic E-state index is 11.6. The van der Waals surface area contributed by atoms with Crippen molar-refractivity contribution in [3.05, 3.63) is 0 Å². The second-order valence-corrected chi connectivity index (χ2v) is 5.00. The molecule has 0 rings (SSSR count). The van der Waals surface area contributed by atoms with Crippen LogP contribution in [0.1, 0.15) is 78.6 Å². The normalized spacial score (nSPS) is 12.2. The number of carbonyl (C=O) groups is 2. The van der Waals surface area contributed by atoms with Crippen LogP contribution < -0.4 is 0 Å². The van der Waals surface area contributed by atoms with E-state index in [1.165, 1.54) is 0 Å². The molecule has 0 aromatic carbocycles. The quantitative estimate of drug-likeness (QED) is 0.333. The zero-order chi connectivity index (χ0) is 13.8. The smallest absolute Gasteiger partial charge is 0.316 e. The van der Waals surface area contributed by atoms with Crippen molar-refractivity contribution in [1.82, 2.24) is 0 Å². The number of hydrogen-bond acceptors (Lipinski definition) is 3. The van der Waals surface area contributed by atoms with Gasteiger partial charge in [0.2, 0.25) is 0 Å². The van der Waals surface area contributed by atoms with Gasteiger partial charge in [0.15, 0.2) is 0 Å². The van der Waals surface area contributed by atoms with Crippen LogP contribution in [0.3, 0.4) is 0 Å². The van der Waals surface area contributed by atoms with E-state index in [1.54, 1.807) is 0 Å². The van der Waals surface area contributed by atoms with E-state index in [0.717, 1.165) is 51.4 Å². The molecule has 0 N–H and O–H groups in total. The lowest BCUT2D eigenvalue weighted by molar-refractivity contribution is -0.162. The molecule has 0 bridgehead atoms. The van der Waals surface area contributed by atoms with E-state index in [0.29, 0.717) is 6.42 Å². The highest BCUT2D eigenvalue weighted by Gasteiger charge is 2.17. The molecule has 0 spiro atoms. The molecule has 0 aromatic heterocycles. The third-order valence-corrected chi connectivity index (χ3v) is 3.09. The van der Waals surface area contributed by atoms with Crippen LogP contribution in [-0.2, 0) is 14.3 Å². The Hall–Kier alpha value is -0.860. The van der Waals surface area contributed by atoms with Gasteiger partial charge < -0.3 is 4.74 Å². The minimum absolute atomic E-state index is 0.156. The first-order chi connectivity index (χ1) is 8.61. The fraction of sp³-hybridized carbons (Fsp3) is 0.867. The first kappa shape index (κ1) is 17.1.